The summed E-state index contributed by atoms with van der Waals surface area (Å²) < 4.78 is 5.30. The Morgan fingerprint density at radius 1 is 1.50 bits per heavy atom. The lowest BCUT2D eigenvalue weighted by Crippen LogP contribution is -2.01. The third kappa shape index (κ3) is 2.69. The Kier molecular flexibility index (Phi) is 3.33. The number of hydrogen-bond acceptors (Lipinski definition) is 8. The van der Waals surface area contributed by atoms with Crippen LogP contribution in [0.4, 0.5) is 10.9 Å². The van der Waals surface area contributed by atoms with E-state index in [9.17, 15) is 10.1 Å². The standard InChI is InChI=1S/C9H9N5O3S/c1-5-2-3-6(8(11-5)14(15)16)17-4-7-12-13-9(10)18-7/h2-3H,4H2,1H3,(H2,10,13). The van der Waals surface area contributed by atoms with Crippen molar-refractivity contribution in [3.8, 4) is 5.75 Å². The number of nitrogens with two attached hydrogens (primary N) is 1. The van der Waals surface area contributed by atoms with E-state index in [0.29, 0.717) is 15.8 Å². The van der Waals surface area contributed by atoms with Crippen LogP contribution in [0.2, 0.25) is 0 Å². The summed E-state index contributed by atoms with van der Waals surface area (Å²) >= 11 is 1.16. The van der Waals surface area contributed by atoms with E-state index in [4.69, 9.17) is 10.5 Å². The number of ether oxygens (including phenoxy) is 1. The Hall–Kier alpha value is -2.29. The van der Waals surface area contributed by atoms with Gasteiger partial charge in [-0.05, 0) is 22.0 Å². The number of nitrogens with zero attached hydrogens (tertiary/aromatic N) is 4. The first-order valence-corrected chi connectivity index (χ1v) is 5.70. The molecule has 0 aliphatic rings. The number of anilines is 1. The monoisotopic (exact) mass is 267 g/mol. The highest BCUT2D eigenvalue weighted by atomic mass is 32.1. The van der Waals surface area contributed by atoms with Gasteiger partial charge in [0.15, 0.2) is 5.01 Å². The molecule has 8 nitrogen and oxygen atoms in total. The minimum absolute atomic E-state index is 0.0699. The molecular formula is C9H9N5O3S. The maximum atomic E-state index is 10.8. The largest absolute Gasteiger partial charge is 0.478 e. The molecule has 94 valence electrons. The van der Waals surface area contributed by atoms with Crippen molar-refractivity contribution in [3.63, 3.8) is 0 Å². The van der Waals surface area contributed by atoms with E-state index in [1.807, 2.05) is 0 Å². The Bertz CT molecular complexity index is 585. The molecule has 0 spiro atoms. The lowest BCUT2D eigenvalue weighted by Gasteiger charge is -2.03. The minimum Gasteiger partial charge on any atom is -0.478 e. The minimum atomic E-state index is -0.587. The van der Waals surface area contributed by atoms with Gasteiger partial charge in [0.2, 0.25) is 10.9 Å². The zero-order chi connectivity index (χ0) is 13.1. The second kappa shape index (κ2) is 4.92. The lowest BCUT2D eigenvalue weighted by molar-refractivity contribution is -0.390. The number of pyridine rings is 1. The molecule has 0 aliphatic heterocycles. The lowest BCUT2D eigenvalue weighted by atomic mass is 10.3. The predicted molar refractivity (Wildman–Crippen MR) is 64.3 cm³/mol. The predicted octanol–water partition coefficient (Wildman–Crippen LogP) is 1.31. The van der Waals surface area contributed by atoms with Gasteiger partial charge in [-0.1, -0.05) is 11.3 Å². The molecule has 2 N–H and O–H groups in total. The van der Waals surface area contributed by atoms with Crippen LogP contribution >= 0.6 is 11.3 Å². The quantitative estimate of drug-likeness (QED) is 0.655. The molecule has 2 rings (SSSR count). The van der Waals surface area contributed by atoms with Gasteiger partial charge in [0.25, 0.3) is 0 Å². The first-order valence-electron chi connectivity index (χ1n) is 4.89. The summed E-state index contributed by atoms with van der Waals surface area (Å²) in [6, 6.07) is 3.14. The third-order valence-corrected chi connectivity index (χ3v) is 2.71. The SMILES string of the molecule is Cc1ccc(OCc2nnc(N)s2)c([N+](=O)[O-])n1. The summed E-state index contributed by atoms with van der Waals surface area (Å²) in [6.45, 7) is 1.74. The molecule has 0 saturated carbocycles. The number of aryl methyl sites for hydroxylation is 1. The van der Waals surface area contributed by atoms with Crippen molar-refractivity contribution in [2.75, 3.05) is 5.73 Å². The fourth-order valence-electron chi connectivity index (χ4n) is 1.24. The second-order valence-corrected chi connectivity index (χ2v) is 4.45. The Morgan fingerprint density at radius 3 is 2.89 bits per heavy atom. The summed E-state index contributed by atoms with van der Waals surface area (Å²) in [5.41, 5.74) is 5.96. The maximum Gasteiger partial charge on any atom is 0.406 e. The molecule has 2 heterocycles. The second-order valence-electron chi connectivity index (χ2n) is 3.35. The van der Waals surface area contributed by atoms with E-state index in [1.165, 1.54) is 6.07 Å². The van der Waals surface area contributed by atoms with Crippen molar-refractivity contribution in [3.05, 3.63) is 32.9 Å². The summed E-state index contributed by atoms with van der Waals surface area (Å²) in [6.07, 6.45) is 0. The molecule has 0 amide bonds. The number of aromatic nitrogens is 3. The summed E-state index contributed by atoms with van der Waals surface area (Å²) in [5.74, 6) is -0.216. The fourth-order valence-corrected chi connectivity index (χ4v) is 1.76. The van der Waals surface area contributed by atoms with E-state index in [1.54, 1.807) is 13.0 Å². The molecule has 0 fully saturated rings. The molecular weight excluding hydrogens is 258 g/mol. The third-order valence-electron chi connectivity index (χ3n) is 1.99. The van der Waals surface area contributed by atoms with Crippen LogP contribution < -0.4 is 10.5 Å². The first-order chi connectivity index (χ1) is 8.56. The van der Waals surface area contributed by atoms with Crippen LogP contribution in [0.15, 0.2) is 12.1 Å². The molecule has 9 heteroatoms. The molecule has 2 aromatic heterocycles. The smallest absolute Gasteiger partial charge is 0.406 e. The summed E-state index contributed by atoms with van der Waals surface area (Å²) in [4.78, 5) is 14.0. The van der Waals surface area contributed by atoms with E-state index in [-0.39, 0.29) is 18.2 Å². The highest BCUT2D eigenvalue weighted by Crippen LogP contribution is 2.25. The molecule has 0 unspecified atom stereocenters. The van der Waals surface area contributed by atoms with Gasteiger partial charge in [-0.2, -0.15) is 0 Å². The van der Waals surface area contributed by atoms with Gasteiger partial charge in [0.05, 0.1) is 0 Å². The van der Waals surface area contributed by atoms with Crippen LogP contribution in [0.1, 0.15) is 10.7 Å². The van der Waals surface area contributed by atoms with Gasteiger partial charge in [0, 0.05) is 6.92 Å². The molecule has 0 atom stereocenters. The Morgan fingerprint density at radius 2 is 2.28 bits per heavy atom. The van der Waals surface area contributed by atoms with Crippen LogP contribution in [0, 0.1) is 17.0 Å². The van der Waals surface area contributed by atoms with Crippen LogP contribution in [-0.2, 0) is 6.61 Å². The highest BCUT2D eigenvalue weighted by Gasteiger charge is 2.18. The molecule has 0 radical (unpaired) electrons. The van der Waals surface area contributed by atoms with Crippen LogP contribution in [0.25, 0.3) is 0 Å². The summed E-state index contributed by atoms with van der Waals surface area (Å²) in [5, 5.41) is 19.0. The van der Waals surface area contributed by atoms with Crippen molar-refractivity contribution in [2.45, 2.75) is 13.5 Å². The first kappa shape index (κ1) is 12.2. The number of nitrogen functional groups attached to an aromatic ring is 1. The van der Waals surface area contributed by atoms with Gasteiger partial charge < -0.3 is 20.6 Å². The van der Waals surface area contributed by atoms with Crippen LogP contribution in [0.5, 0.6) is 5.75 Å². The highest BCUT2D eigenvalue weighted by molar-refractivity contribution is 7.15. The van der Waals surface area contributed by atoms with Gasteiger partial charge in [-0.3, -0.25) is 0 Å². The van der Waals surface area contributed by atoms with Gasteiger partial charge >= 0.3 is 5.82 Å². The number of nitro groups is 1. The number of hydrogen-bond donors (Lipinski definition) is 1. The van der Waals surface area contributed by atoms with Crippen molar-refractivity contribution < 1.29 is 9.66 Å². The molecule has 0 aromatic carbocycles. The van der Waals surface area contributed by atoms with Gasteiger partial charge in [-0.15, -0.1) is 10.2 Å². The van der Waals surface area contributed by atoms with Crippen molar-refractivity contribution in [1.82, 2.24) is 15.2 Å². The maximum absolute atomic E-state index is 10.8. The van der Waals surface area contributed by atoms with E-state index < -0.39 is 4.92 Å². The zero-order valence-corrected chi connectivity index (χ0v) is 10.2. The van der Waals surface area contributed by atoms with E-state index in [2.05, 4.69) is 15.2 Å². The summed E-state index contributed by atoms with van der Waals surface area (Å²) in [7, 11) is 0. The topological polar surface area (TPSA) is 117 Å². The fraction of sp³-hybridized carbons (Fsp3) is 0.222. The molecule has 0 saturated heterocycles. The van der Waals surface area contributed by atoms with E-state index >= 15 is 0 Å². The zero-order valence-electron chi connectivity index (χ0n) is 9.36. The average Bonchev–Trinajstić information content (AvgIpc) is 2.73. The normalized spacial score (nSPS) is 10.3. The average molecular weight is 267 g/mol. The van der Waals surface area contributed by atoms with Crippen LogP contribution in [0.3, 0.4) is 0 Å². The molecule has 0 bridgehead atoms. The van der Waals surface area contributed by atoms with E-state index in [0.717, 1.165) is 11.3 Å². The number of rotatable bonds is 4. The molecule has 0 aliphatic carbocycles. The van der Waals surface area contributed by atoms with Gasteiger partial charge in [0.1, 0.15) is 12.3 Å². The Labute approximate surface area is 106 Å². The van der Waals surface area contributed by atoms with Crippen molar-refractivity contribution >= 4 is 22.3 Å². The van der Waals surface area contributed by atoms with Crippen molar-refractivity contribution in [2.24, 2.45) is 0 Å². The van der Waals surface area contributed by atoms with Crippen LogP contribution in [-0.4, -0.2) is 20.1 Å². The van der Waals surface area contributed by atoms with Crippen molar-refractivity contribution in [1.29, 1.82) is 0 Å². The van der Waals surface area contributed by atoms with Gasteiger partial charge in [-0.25, -0.2) is 0 Å². The molecule has 18 heavy (non-hydrogen) atoms. The molecule has 2 aromatic rings. The Balaban J connectivity index is 2.16.